The summed E-state index contributed by atoms with van der Waals surface area (Å²) in [6, 6.07) is 15.6. The van der Waals surface area contributed by atoms with Crippen molar-refractivity contribution in [1.82, 2.24) is 19.7 Å². The molecule has 2 aliphatic heterocycles. The van der Waals surface area contributed by atoms with E-state index >= 15 is 0 Å². The number of likely N-dealkylation sites (tertiary alicyclic amines) is 1. The third kappa shape index (κ3) is 6.47. The zero-order chi connectivity index (χ0) is 27.9. The SMILES string of the molecule is COc1ccc(N2CCN(CCNC(=O)C(=O)c3cn(CC(=O)N4CCCCCC4)c4ccccc34)CC2)cc1. The van der Waals surface area contributed by atoms with Gasteiger partial charge >= 0.3 is 0 Å². The Morgan fingerprint density at radius 2 is 1.55 bits per heavy atom. The number of amides is 2. The van der Waals surface area contributed by atoms with E-state index in [1.54, 1.807) is 13.3 Å². The molecule has 1 aromatic heterocycles. The molecule has 9 heteroatoms. The Kier molecular flexibility index (Phi) is 9.01. The van der Waals surface area contributed by atoms with E-state index in [9.17, 15) is 14.4 Å². The number of hydrogen-bond acceptors (Lipinski definition) is 6. The van der Waals surface area contributed by atoms with E-state index in [2.05, 4.69) is 27.2 Å². The molecule has 2 fully saturated rings. The summed E-state index contributed by atoms with van der Waals surface area (Å²) >= 11 is 0. The number of rotatable bonds is 9. The molecule has 0 bridgehead atoms. The summed E-state index contributed by atoms with van der Waals surface area (Å²) in [5.41, 5.74) is 2.30. The Morgan fingerprint density at radius 1 is 0.850 bits per heavy atom. The monoisotopic (exact) mass is 545 g/mol. The van der Waals surface area contributed by atoms with Crippen LogP contribution in [-0.4, -0.2) is 91.4 Å². The number of aromatic nitrogens is 1. The molecule has 0 aliphatic carbocycles. The zero-order valence-corrected chi connectivity index (χ0v) is 23.3. The van der Waals surface area contributed by atoms with Crippen molar-refractivity contribution in [3.05, 3.63) is 60.3 Å². The second kappa shape index (κ2) is 13.0. The number of ketones is 1. The highest BCUT2D eigenvalue weighted by Gasteiger charge is 2.24. The molecule has 212 valence electrons. The van der Waals surface area contributed by atoms with Crippen LogP contribution < -0.4 is 15.0 Å². The molecule has 40 heavy (non-hydrogen) atoms. The molecule has 2 aliphatic rings. The lowest BCUT2D eigenvalue weighted by Crippen LogP contribution is -2.48. The van der Waals surface area contributed by atoms with Gasteiger partial charge in [0, 0.05) is 75.1 Å². The van der Waals surface area contributed by atoms with Gasteiger partial charge in [0.1, 0.15) is 12.3 Å². The van der Waals surface area contributed by atoms with Crippen LogP contribution in [0.2, 0.25) is 0 Å². The number of fused-ring (bicyclic) bond motifs is 1. The van der Waals surface area contributed by atoms with Gasteiger partial charge in [-0.25, -0.2) is 0 Å². The third-order valence-electron chi connectivity index (χ3n) is 8.03. The minimum atomic E-state index is -0.612. The van der Waals surface area contributed by atoms with E-state index < -0.39 is 11.7 Å². The average Bonchev–Trinajstić information content (AvgIpc) is 3.15. The minimum Gasteiger partial charge on any atom is -0.497 e. The van der Waals surface area contributed by atoms with Crippen molar-refractivity contribution < 1.29 is 19.1 Å². The zero-order valence-electron chi connectivity index (χ0n) is 23.3. The van der Waals surface area contributed by atoms with Crippen LogP contribution >= 0.6 is 0 Å². The quantitative estimate of drug-likeness (QED) is 0.328. The van der Waals surface area contributed by atoms with Crippen LogP contribution in [0.5, 0.6) is 5.75 Å². The first-order chi connectivity index (χ1) is 19.5. The van der Waals surface area contributed by atoms with Crippen molar-refractivity contribution in [3.8, 4) is 5.75 Å². The van der Waals surface area contributed by atoms with Gasteiger partial charge in [-0.1, -0.05) is 31.0 Å². The molecule has 0 atom stereocenters. The highest BCUT2D eigenvalue weighted by Crippen LogP contribution is 2.23. The second-order valence-electron chi connectivity index (χ2n) is 10.6. The lowest BCUT2D eigenvalue weighted by atomic mass is 10.1. The normalized spacial score (nSPS) is 16.5. The van der Waals surface area contributed by atoms with Crippen LogP contribution in [0.3, 0.4) is 0 Å². The van der Waals surface area contributed by atoms with Crippen LogP contribution in [0.1, 0.15) is 36.0 Å². The first kappa shape index (κ1) is 27.7. The number of nitrogens with one attached hydrogen (secondary N) is 1. The molecular weight excluding hydrogens is 506 g/mol. The van der Waals surface area contributed by atoms with E-state index in [0.29, 0.717) is 24.0 Å². The van der Waals surface area contributed by atoms with Crippen LogP contribution in [0.4, 0.5) is 5.69 Å². The fourth-order valence-corrected chi connectivity index (χ4v) is 5.68. The summed E-state index contributed by atoms with van der Waals surface area (Å²) < 4.78 is 7.06. The highest BCUT2D eigenvalue weighted by atomic mass is 16.5. The van der Waals surface area contributed by atoms with E-state index in [0.717, 1.165) is 76.2 Å². The standard InChI is InChI=1S/C31H39N5O4/c1-40-25-12-10-24(11-13-25)34-20-18-33(19-21-34)17-14-32-31(39)30(38)27-22-36(28-9-5-4-8-26(27)28)23-29(37)35-15-6-2-3-7-16-35/h4-5,8-13,22H,2-3,6-7,14-21,23H2,1H3,(H,32,39). The van der Waals surface area contributed by atoms with E-state index in [1.807, 2.05) is 45.9 Å². The molecule has 2 aromatic carbocycles. The van der Waals surface area contributed by atoms with Gasteiger partial charge in [-0.2, -0.15) is 0 Å². The largest absolute Gasteiger partial charge is 0.497 e. The molecule has 9 nitrogen and oxygen atoms in total. The summed E-state index contributed by atoms with van der Waals surface area (Å²) in [5, 5.41) is 3.51. The summed E-state index contributed by atoms with van der Waals surface area (Å²) in [4.78, 5) is 45.6. The number of Topliss-reactive ketones (excluding diaryl/α,β-unsaturated/α-hetero) is 1. The number of methoxy groups -OCH3 is 1. The predicted octanol–water partition coefficient (Wildman–Crippen LogP) is 3.17. The number of piperazine rings is 1. The van der Waals surface area contributed by atoms with Gasteiger partial charge in [0.15, 0.2) is 0 Å². The lowest BCUT2D eigenvalue weighted by Gasteiger charge is -2.36. The maximum absolute atomic E-state index is 13.2. The number of carbonyl (C=O) groups excluding carboxylic acids is 3. The Balaban J connectivity index is 1.14. The number of para-hydroxylation sites is 1. The van der Waals surface area contributed by atoms with Gasteiger partial charge in [-0.05, 0) is 43.2 Å². The van der Waals surface area contributed by atoms with Crippen molar-refractivity contribution in [1.29, 1.82) is 0 Å². The molecule has 5 rings (SSSR count). The molecule has 0 unspecified atom stereocenters. The van der Waals surface area contributed by atoms with Gasteiger partial charge in [-0.15, -0.1) is 0 Å². The number of carbonyl (C=O) groups is 3. The molecule has 0 radical (unpaired) electrons. The minimum absolute atomic E-state index is 0.0539. The highest BCUT2D eigenvalue weighted by molar-refractivity contribution is 6.45. The van der Waals surface area contributed by atoms with Crippen LogP contribution in [0.25, 0.3) is 10.9 Å². The van der Waals surface area contributed by atoms with E-state index in [4.69, 9.17) is 4.74 Å². The second-order valence-corrected chi connectivity index (χ2v) is 10.6. The number of ether oxygens (including phenoxy) is 1. The molecule has 1 N–H and O–H groups in total. The van der Waals surface area contributed by atoms with Crippen molar-refractivity contribution in [2.24, 2.45) is 0 Å². The van der Waals surface area contributed by atoms with Crippen molar-refractivity contribution in [2.75, 3.05) is 64.4 Å². The summed E-state index contributed by atoms with van der Waals surface area (Å²) in [6.45, 7) is 6.37. The lowest BCUT2D eigenvalue weighted by molar-refractivity contribution is -0.131. The molecule has 0 spiro atoms. The van der Waals surface area contributed by atoms with Crippen molar-refractivity contribution in [2.45, 2.75) is 32.2 Å². The Labute approximate surface area is 235 Å². The maximum atomic E-state index is 13.2. The van der Waals surface area contributed by atoms with Crippen LogP contribution in [0.15, 0.2) is 54.7 Å². The smallest absolute Gasteiger partial charge is 0.292 e. The molecule has 2 amide bonds. The van der Waals surface area contributed by atoms with E-state index in [-0.39, 0.29) is 12.5 Å². The summed E-state index contributed by atoms with van der Waals surface area (Å²) in [7, 11) is 1.67. The fraction of sp³-hybridized carbons (Fsp3) is 0.452. The number of benzene rings is 2. The first-order valence-corrected chi connectivity index (χ1v) is 14.3. The van der Waals surface area contributed by atoms with Crippen LogP contribution in [0, 0.1) is 0 Å². The molecule has 3 aromatic rings. The van der Waals surface area contributed by atoms with Gasteiger partial charge in [0.05, 0.1) is 12.7 Å². The van der Waals surface area contributed by atoms with Gasteiger partial charge in [0.2, 0.25) is 5.91 Å². The van der Waals surface area contributed by atoms with Crippen molar-refractivity contribution in [3.63, 3.8) is 0 Å². The molecule has 0 saturated carbocycles. The third-order valence-corrected chi connectivity index (χ3v) is 8.03. The van der Waals surface area contributed by atoms with Crippen LogP contribution in [-0.2, 0) is 16.1 Å². The number of hydrogen-bond donors (Lipinski definition) is 1. The van der Waals surface area contributed by atoms with Crippen molar-refractivity contribution >= 4 is 34.2 Å². The number of nitrogens with zero attached hydrogens (tertiary/aromatic N) is 4. The summed E-state index contributed by atoms with van der Waals surface area (Å²) in [6.07, 6.45) is 6.04. The van der Waals surface area contributed by atoms with Gasteiger partial charge in [0.25, 0.3) is 11.7 Å². The summed E-state index contributed by atoms with van der Waals surface area (Å²) in [5.74, 6) is -0.281. The van der Waals surface area contributed by atoms with E-state index in [1.165, 1.54) is 5.69 Å². The van der Waals surface area contributed by atoms with Gasteiger partial charge < -0.3 is 24.4 Å². The molecule has 2 saturated heterocycles. The first-order valence-electron chi connectivity index (χ1n) is 14.3. The number of anilines is 1. The molecule has 3 heterocycles. The molecular formula is C31H39N5O4. The Bertz CT molecular complexity index is 1320. The topological polar surface area (TPSA) is 87.1 Å². The average molecular weight is 546 g/mol. The maximum Gasteiger partial charge on any atom is 0.292 e. The van der Waals surface area contributed by atoms with Gasteiger partial charge in [-0.3, -0.25) is 19.3 Å². The Hall–Kier alpha value is -3.85. The predicted molar refractivity (Wildman–Crippen MR) is 156 cm³/mol. The fourth-order valence-electron chi connectivity index (χ4n) is 5.68. The Morgan fingerprint density at radius 3 is 2.25 bits per heavy atom.